The van der Waals surface area contributed by atoms with Crippen LogP contribution in [0.1, 0.15) is 18.4 Å². The third-order valence-corrected chi connectivity index (χ3v) is 3.37. The van der Waals surface area contributed by atoms with Crippen LogP contribution in [0.3, 0.4) is 0 Å². The molecule has 0 radical (unpaired) electrons. The van der Waals surface area contributed by atoms with Gasteiger partial charge in [0.1, 0.15) is 6.07 Å². The van der Waals surface area contributed by atoms with Gasteiger partial charge in [-0.15, -0.1) is 0 Å². The van der Waals surface area contributed by atoms with E-state index in [2.05, 4.69) is 26.7 Å². The van der Waals surface area contributed by atoms with Crippen LogP contribution in [0.4, 0.5) is 5.95 Å². The standard InChI is InChI=1S/C14H17N7O/c15-6-11-8-19-14(20-9-11)18-4-3-17-13(22)10-21-5-1-2-12(21)7-16/h8-9,12H,1-5,10H2,(H,17,22)(H,18,19,20)/t12-/m0/s1. The number of aromatic nitrogens is 2. The van der Waals surface area contributed by atoms with Crippen LogP contribution in [-0.2, 0) is 4.79 Å². The zero-order valence-electron chi connectivity index (χ0n) is 12.1. The Morgan fingerprint density at radius 2 is 2.14 bits per heavy atom. The van der Waals surface area contributed by atoms with E-state index in [0.717, 1.165) is 19.4 Å². The van der Waals surface area contributed by atoms with Gasteiger partial charge in [0.2, 0.25) is 11.9 Å². The maximum atomic E-state index is 11.8. The van der Waals surface area contributed by atoms with E-state index in [-0.39, 0.29) is 18.5 Å². The Labute approximate surface area is 128 Å². The zero-order chi connectivity index (χ0) is 15.8. The summed E-state index contributed by atoms with van der Waals surface area (Å²) in [5, 5.41) is 23.3. The summed E-state index contributed by atoms with van der Waals surface area (Å²) in [6.45, 7) is 1.97. The molecule has 0 bridgehead atoms. The Morgan fingerprint density at radius 3 is 2.82 bits per heavy atom. The van der Waals surface area contributed by atoms with Gasteiger partial charge in [-0.1, -0.05) is 0 Å². The van der Waals surface area contributed by atoms with E-state index in [1.54, 1.807) is 0 Å². The summed E-state index contributed by atoms with van der Waals surface area (Å²) in [7, 11) is 0. The molecule has 0 unspecified atom stereocenters. The summed E-state index contributed by atoms with van der Waals surface area (Å²) in [5.74, 6) is 0.321. The molecule has 1 aliphatic rings. The predicted octanol–water partition coefficient (Wildman–Crippen LogP) is -0.136. The molecule has 1 aromatic heterocycles. The van der Waals surface area contributed by atoms with Crippen LogP contribution in [0.25, 0.3) is 0 Å². The summed E-state index contributed by atoms with van der Waals surface area (Å²) in [5.41, 5.74) is 0.400. The van der Waals surface area contributed by atoms with E-state index < -0.39 is 0 Å². The minimum absolute atomic E-state index is 0.0929. The average molecular weight is 299 g/mol. The molecule has 2 rings (SSSR count). The van der Waals surface area contributed by atoms with Crippen molar-refractivity contribution < 1.29 is 4.79 Å². The fourth-order valence-corrected chi connectivity index (χ4v) is 2.26. The molecule has 2 N–H and O–H groups in total. The van der Waals surface area contributed by atoms with Crippen molar-refractivity contribution in [3.05, 3.63) is 18.0 Å². The number of nitrogens with one attached hydrogen (secondary N) is 2. The molecule has 1 amide bonds. The number of rotatable bonds is 6. The Kier molecular flexibility index (Phi) is 5.64. The molecule has 0 aromatic carbocycles. The highest BCUT2D eigenvalue weighted by atomic mass is 16.2. The number of anilines is 1. The van der Waals surface area contributed by atoms with Crippen molar-refractivity contribution in [3.8, 4) is 12.1 Å². The molecule has 0 aliphatic carbocycles. The molecule has 0 spiro atoms. The molecule has 8 heteroatoms. The minimum Gasteiger partial charge on any atom is -0.353 e. The number of hydrogen-bond acceptors (Lipinski definition) is 7. The van der Waals surface area contributed by atoms with Crippen LogP contribution in [0.2, 0.25) is 0 Å². The van der Waals surface area contributed by atoms with E-state index in [1.165, 1.54) is 12.4 Å². The highest BCUT2D eigenvalue weighted by Gasteiger charge is 2.25. The first-order valence-corrected chi connectivity index (χ1v) is 7.09. The van der Waals surface area contributed by atoms with Gasteiger partial charge < -0.3 is 10.6 Å². The molecule has 1 aliphatic heterocycles. The number of carbonyl (C=O) groups is 1. The van der Waals surface area contributed by atoms with E-state index >= 15 is 0 Å². The number of nitriles is 2. The van der Waals surface area contributed by atoms with Crippen LogP contribution < -0.4 is 10.6 Å². The van der Waals surface area contributed by atoms with E-state index in [1.807, 2.05) is 11.0 Å². The van der Waals surface area contributed by atoms with Gasteiger partial charge in [0.05, 0.1) is 36.6 Å². The number of hydrogen-bond donors (Lipinski definition) is 2. The maximum absolute atomic E-state index is 11.8. The Balaban J connectivity index is 1.65. The number of likely N-dealkylation sites (tertiary alicyclic amines) is 1. The second-order valence-corrected chi connectivity index (χ2v) is 4.94. The number of nitrogens with zero attached hydrogens (tertiary/aromatic N) is 5. The lowest BCUT2D eigenvalue weighted by atomic mass is 10.2. The molecule has 1 saturated heterocycles. The number of carbonyl (C=O) groups excluding carboxylic acids is 1. The molecule has 1 aromatic rings. The fraction of sp³-hybridized carbons (Fsp3) is 0.500. The molecule has 114 valence electrons. The monoisotopic (exact) mass is 299 g/mol. The Hall–Kier alpha value is -2.71. The van der Waals surface area contributed by atoms with Gasteiger partial charge in [0.25, 0.3) is 0 Å². The van der Waals surface area contributed by atoms with Gasteiger partial charge in [0, 0.05) is 19.6 Å². The van der Waals surface area contributed by atoms with E-state index in [9.17, 15) is 4.79 Å². The second-order valence-electron chi connectivity index (χ2n) is 4.94. The first-order chi connectivity index (χ1) is 10.7. The maximum Gasteiger partial charge on any atom is 0.234 e. The summed E-state index contributed by atoms with van der Waals surface area (Å²) in [6, 6.07) is 4.01. The van der Waals surface area contributed by atoms with Crippen molar-refractivity contribution in [1.29, 1.82) is 10.5 Å². The van der Waals surface area contributed by atoms with Crippen molar-refractivity contribution in [2.24, 2.45) is 0 Å². The first-order valence-electron chi connectivity index (χ1n) is 7.09. The predicted molar refractivity (Wildman–Crippen MR) is 78.5 cm³/mol. The minimum atomic E-state index is -0.143. The van der Waals surface area contributed by atoms with Crippen LogP contribution in [0, 0.1) is 22.7 Å². The first kappa shape index (κ1) is 15.7. The zero-order valence-corrected chi connectivity index (χ0v) is 12.1. The van der Waals surface area contributed by atoms with Gasteiger partial charge in [-0.2, -0.15) is 10.5 Å². The quantitative estimate of drug-likeness (QED) is 0.702. The fourth-order valence-electron chi connectivity index (χ4n) is 2.26. The van der Waals surface area contributed by atoms with Crippen LogP contribution in [0.15, 0.2) is 12.4 Å². The van der Waals surface area contributed by atoms with Crippen molar-refractivity contribution in [1.82, 2.24) is 20.2 Å². The molecule has 22 heavy (non-hydrogen) atoms. The van der Waals surface area contributed by atoms with Crippen molar-refractivity contribution in [3.63, 3.8) is 0 Å². The second kappa shape index (κ2) is 7.91. The van der Waals surface area contributed by atoms with E-state index in [4.69, 9.17) is 10.5 Å². The van der Waals surface area contributed by atoms with Crippen LogP contribution in [0.5, 0.6) is 0 Å². The Bertz CT molecular complexity index is 587. The normalized spacial score (nSPS) is 17.5. The highest BCUT2D eigenvalue weighted by molar-refractivity contribution is 5.78. The molecule has 8 nitrogen and oxygen atoms in total. The molecule has 1 fully saturated rings. The van der Waals surface area contributed by atoms with Gasteiger partial charge in [-0.3, -0.25) is 9.69 Å². The highest BCUT2D eigenvalue weighted by Crippen LogP contribution is 2.15. The van der Waals surface area contributed by atoms with E-state index in [0.29, 0.717) is 24.6 Å². The summed E-state index contributed by atoms with van der Waals surface area (Å²) >= 11 is 0. The smallest absolute Gasteiger partial charge is 0.234 e. The van der Waals surface area contributed by atoms with Crippen molar-refractivity contribution in [2.75, 3.05) is 31.5 Å². The molecule has 1 atom stereocenters. The lowest BCUT2D eigenvalue weighted by Crippen LogP contribution is -2.40. The largest absolute Gasteiger partial charge is 0.353 e. The van der Waals surface area contributed by atoms with Gasteiger partial charge in [-0.05, 0) is 12.8 Å². The molecular formula is C14H17N7O. The third kappa shape index (κ3) is 4.40. The summed E-state index contributed by atoms with van der Waals surface area (Å²) in [4.78, 5) is 21.6. The average Bonchev–Trinajstić information content (AvgIpc) is 2.99. The van der Waals surface area contributed by atoms with Crippen LogP contribution >= 0.6 is 0 Å². The SMILES string of the molecule is N#Cc1cnc(NCCNC(=O)CN2CCC[C@H]2C#N)nc1. The topological polar surface area (TPSA) is 118 Å². The lowest BCUT2D eigenvalue weighted by Gasteiger charge is -2.18. The van der Waals surface area contributed by atoms with Gasteiger partial charge >= 0.3 is 0 Å². The van der Waals surface area contributed by atoms with Gasteiger partial charge in [0.15, 0.2) is 0 Å². The van der Waals surface area contributed by atoms with Crippen molar-refractivity contribution >= 4 is 11.9 Å². The van der Waals surface area contributed by atoms with Crippen LogP contribution in [-0.4, -0.2) is 53.0 Å². The Morgan fingerprint density at radius 1 is 1.36 bits per heavy atom. The molecular weight excluding hydrogens is 282 g/mol. The molecule has 2 heterocycles. The summed E-state index contributed by atoms with van der Waals surface area (Å²) < 4.78 is 0. The van der Waals surface area contributed by atoms with Crippen molar-refractivity contribution in [2.45, 2.75) is 18.9 Å². The lowest BCUT2D eigenvalue weighted by molar-refractivity contribution is -0.122. The third-order valence-electron chi connectivity index (χ3n) is 3.37. The van der Waals surface area contributed by atoms with Gasteiger partial charge in [-0.25, -0.2) is 9.97 Å². The summed E-state index contributed by atoms with van der Waals surface area (Å²) in [6.07, 6.45) is 4.66. The number of amides is 1. The molecule has 0 saturated carbocycles.